The minimum Gasteiger partial charge on any atom is -0.469 e. The first-order valence-electron chi connectivity index (χ1n) is 6.61. The molecule has 0 N–H and O–H groups in total. The Kier molecular flexibility index (Phi) is 5.75. The van der Waals surface area contributed by atoms with Crippen LogP contribution >= 0.6 is 27.5 Å². The topological polar surface area (TPSA) is 43.4 Å². The number of carbonyl (C=O) groups is 2. The molecule has 0 heterocycles. The van der Waals surface area contributed by atoms with Gasteiger partial charge in [-0.25, -0.2) is 0 Å². The fourth-order valence-electron chi connectivity index (χ4n) is 2.14. The summed E-state index contributed by atoms with van der Waals surface area (Å²) < 4.78 is 4.85. The summed E-state index contributed by atoms with van der Waals surface area (Å²) in [5.41, 5.74) is 1.20. The molecule has 0 aliphatic rings. The summed E-state index contributed by atoms with van der Waals surface area (Å²) in [4.78, 5) is 24.0. The molecule has 0 radical (unpaired) electrons. The highest BCUT2D eigenvalue weighted by atomic mass is 79.9. The van der Waals surface area contributed by atoms with Gasteiger partial charge in [-0.1, -0.05) is 57.9 Å². The molecule has 0 bridgehead atoms. The molecular formula is C17H14BrClO3. The average Bonchev–Trinajstić information content (AvgIpc) is 2.55. The van der Waals surface area contributed by atoms with Crippen molar-refractivity contribution in [3.05, 3.63) is 70.7 Å². The van der Waals surface area contributed by atoms with E-state index in [0.29, 0.717) is 10.6 Å². The highest BCUT2D eigenvalue weighted by molar-refractivity contribution is 9.10. The lowest BCUT2D eigenvalue weighted by molar-refractivity contribution is -0.142. The van der Waals surface area contributed by atoms with Crippen molar-refractivity contribution in [3.63, 3.8) is 0 Å². The summed E-state index contributed by atoms with van der Waals surface area (Å²) in [7, 11) is 1.31. The van der Waals surface area contributed by atoms with Crippen molar-refractivity contribution in [2.45, 2.75) is 10.7 Å². The fourth-order valence-corrected chi connectivity index (χ4v) is 3.05. The van der Waals surface area contributed by atoms with E-state index in [2.05, 4.69) is 15.9 Å². The zero-order chi connectivity index (χ0) is 16.1. The van der Waals surface area contributed by atoms with Crippen LogP contribution in [0.25, 0.3) is 0 Å². The van der Waals surface area contributed by atoms with Gasteiger partial charge in [-0.15, -0.1) is 0 Å². The normalized spacial score (nSPS) is 13.2. The number of rotatable bonds is 5. The number of benzene rings is 2. The van der Waals surface area contributed by atoms with Gasteiger partial charge in [0, 0.05) is 10.6 Å². The maximum atomic E-state index is 12.6. The Balaban J connectivity index is 2.33. The van der Waals surface area contributed by atoms with E-state index in [1.807, 2.05) is 18.2 Å². The molecule has 2 aromatic rings. The Morgan fingerprint density at radius 2 is 1.64 bits per heavy atom. The van der Waals surface area contributed by atoms with Crippen molar-refractivity contribution >= 4 is 39.3 Å². The molecule has 2 aromatic carbocycles. The van der Waals surface area contributed by atoms with Crippen LogP contribution in [-0.4, -0.2) is 23.7 Å². The molecule has 0 saturated carbocycles. The standard InChI is InChI=1S/C17H14BrClO3/c1-22-17(21)14(11-5-3-2-4-6-11)15(18)16(20)12-7-9-13(19)10-8-12/h2-10,14-15H,1H3/t14-,15-/m1/s1. The SMILES string of the molecule is COC(=O)[C@H](c1ccccc1)[C@@H](Br)C(=O)c1ccc(Cl)cc1. The monoisotopic (exact) mass is 380 g/mol. The molecule has 0 spiro atoms. The molecule has 3 nitrogen and oxygen atoms in total. The Labute approximate surface area is 142 Å². The van der Waals surface area contributed by atoms with Crippen molar-refractivity contribution in [1.29, 1.82) is 0 Å². The molecule has 5 heteroatoms. The second-order valence-electron chi connectivity index (χ2n) is 4.68. The summed E-state index contributed by atoms with van der Waals surface area (Å²) >= 11 is 9.19. The molecule has 0 aromatic heterocycles. The quantitative estimate of drug-likeness (QED) is 0.442. The van der Waals surface area contributed by atoms with Crippen molar-refractivity contribution < 1.29 is 14.3 Å². The maximum Gasteiger partial charge on any atom is 0.314 e. The summed E-state index contributed by atoms with van der Waals surface area (Å²) in [6.07, 6.45) is 0. The van der Waals surface area contributed by atoms with E-state index in [-0.39, 0.29) is 5.78 Å². The van der Waals surface area contributed by atoms with E-state index >= 15 is 0 Å². The van der Waals surface area contributed by atoms with E-state index < -0.39 is 16.7 Å². The van der Waals surface area contributed by atoms with Crippen LogP contribution < -0.4 is 0 Å². The summed E-state index contributed by atoms with van der Waals surface area (Å²) in [6, 6.07) is 15.6. The number of hydrogen-bond donors (Lipinski definition) is 0. The number of carbonyl (C=O) groups excluding carboxylic acids is 2. The molecule has 0 aliphatic carbocycles. The average molecular weight is 382 g/mol. The molecule has 0 saturated heterocycles. The third kappa shape index (κ3) is 3.76. The van der Waals surface area contributed by atoms with E-state index in [1.165, 1.54) is 7.11 Å². The summed E-state index contributed by atoms with van der Waals surface area (Å²) in [5, 5.41) is 0.551. The van der Waals surface area contributed by atoms with E-state index in [1.54, 1.807) is 36.4 Å². The van der Waals surface area contributed by atoms with Gasteiger partial charge in [0.05, 0.1) is 11.9 Å². The number of halogens is 2. The molecule has 0 unspecified atom stereocenters. The smallest absolute Gasteiger partial charge is 0.314 e. The number of alkyl halides is 1. The zero-order valence-electron chi connectivity index (χ0n) is 11.8. The highest BCUT2D eigenvalue weighted by Crippen LogP contribution is 2.29. The van der Waals surface area contributed by atoms with Crippen LogP contribution in [0.5, 0.6) is 0 Å². The molecule has 2 rings (SSSR count). The minimum absolute atomic E-state index is 0.198. The van der Waals surface area contributed by atoms with Gasteiger partial charge < -0.3 is 4.74 Å². The third-order valence-electron chi connectivity index (χ3n) is 3.29. The fraction of sp³-hybridized carbons (Fsp3) is 0.176. The van der Waals surface area contributed by atoms with Gasteiger partial charge in [-0.3, -0.25) is 9.59 Å². The first-order valence-corrected chi connectivity index (χ1v) is 7.90. The molecule has 0 fully saturated rings. The highest BCUT2D eigenvalue weighted by Gasteiger charge is 2.34. The van der Waals surface area contributed by atoms with Gasteiger partial charge in [0.25, 0.3) is 0 Å². The Hall–Kier alpha value is -1.65. The largest absolute Gasteiger partial charge is 0.469 e. The van der Waals surface area contributed by atoms with Crippen molar-refractivity contribution in [2.24, 2.45) is 0 Å². The van der Waals surface area contributed by atoms with Gasteiger partial charge >= 0.3 is 5.97 Å². The molecule has 0 amide bonds. The number of Topliss-reactive ketones (excluding diaryl/α,β-unsaturated/α-hetero) is 1. The van der Waals surface area contributed by atoms with E-state index in [4.69, 9.17) is 16.3 Å². The lowest BCUT2D eigenvalue weighted by Crippen LogP contribution is -2.29. The van der Waals surface area contributed by atoms with Gasteiger partial charge in [0.1, 0.15) is 5.92 Å². The van der Waals surface area contributed by atoms with E-state index in [0.717, 1.165) is 5.56 Å². The number of ketones is 1. The maximum absolute atomic E-state index is 12.6. The van der Waals surface area contributed by atoms with E-state index in [9.17, 15) is 9.59 Å². The van der Waals surface area contributed by atoms with Crippen LogP contribution in [0.15, 0.2) is 54.6 Å². The molecule has 114 valence electrons. The second kappa shape index (κ2) is 7.56. The Morgan fingerprint density at radius 1 is 1.05 bits per heavy atom. The van der Waals surface area contributed by atoms with Gasteiger partial charge in [-0.05, 0) is 29.8 Å². The predicted molar refractivity (Wildman–Crippen MR) is 89.7 cm³/mol. The summed E-state index contributed by atoms with van der Waals surface area (Å²) in [6.45, 7) is 0. The van der Waals surface area contributed by atoms with Gasteiger partial charge in [0.2, 0.25) is 0 Å². The summed E-state index contributed by atoms with van der Waals surface area (Å²) in [5.74, 6) is -1.37. The zero-order valence-corrected chi connectivity index (χ0v) is 14.2. The van der Waals surface area contributed by atoms with Crippen molar-refractivity contribution in [2.75, 3.05) is 7.11 Å². The van der Waals surface area contributed by atoms with Gasteiger partial charge in [0.15, 0.2) is 5.78 Å². The lowest BCUT2D eigenvalue weighted by atomic mass is 9.91. The number of hydrogen-bond acceptors (Lipinski definition) is 3. The van der Waals surface area contributed by atoms with Crippen molar-refractivity contribution in [3.8, 4) is 0 Å². The number of methoxy groups -OCH3 is 1. The molecule has 2 atom stereocenters. The lowest BCUT2D eigenvalue weighted by Gasteiger charge is -2.20. The first-order chi connectivity index (χ1) is 10.5. The Morgan fingerprint density at radius 3 is 2.18 bits per heavy atom. The second-order valence-corrected chi connectivity index (χ2v) is 6.11. The van der Waals surface area contributed by atoms with Gasteiger partial charge in [-0.2, -0.15) is 0 Å². The molecular weight excluding hydrogens is 368 g/mol. The number of ether oxygens (including phenoxy) is 1. The van der Waals surface area contributed by atoms with Crippen molar-refractivity contribution in [1.82, 2.24) is 0 Å². The van der Waals surface area contributed by atoms with Crippen LogP contribution in [0, 0.1) is 0 Å². The number of esters is 1. The van der Waals surface area contributed by atoms with Crippen LogP contribution in [0.4, 0.5) is 0 Å². The Bertz CT molecular complexity index is 655. The molecule has 22 heavy (non-hydrogen) atoms. The van der Waals surface area contributed by atoms with Crippen LogP contribution in [0.1, 0.15) is 21.8 Å². The van der Waals surface area contributed by atoms with Crippen LogP contribution in [-0.2, 0) is 9.53 Å². The minimum atomic E-state index is -0.719. The third-order valence-corrected chi connectivity index (χ3v) is 4.48. The first kappa shape index (κ1) is 16.7. The van der Waals surface area contributed by atoms with Crippen LogP contribution in [0.3, 0.4) is 0 Å². The molecule has 0 aliphatic heterocycles. The van der Waals surface area contributed by atoms with Crippen LogP contribution in [0.2, 0.25) is 5.02 Å². The predicted octanol–water partition coefficient (Wildman–Crippen LogP) is 4.24.